The molecule has 0 aliphatic carbocycles. The third-order valence-electron chi connectivity index (χ3n) is 2.19. The molecule has 0 aromatic heterocycles. The highest BCUT2D eigenvalue weighted by Crippen LogP contribution is 2.16. The van der Waals surface area contributed by atoms with Gasteiger partial charge in [-0.05, 0) is 30.5 Å². The van der Waals surface area contributed by atoms with Crippen LogP contribution in [0.4, 0.5) is 0 Å². The highest BCUT2D eigenvalue weighted by molar-refractivity contribution is 8.13. The first kappa shape index (κ1) is 14.5. The van der Waals surface area contributed by atoms with Crippen molar-refractivity contribution in [2.75, 3.05) is 12.0 Å². The molecule has 4 nitrogen and oxygen atoms in total. The van der Waals surface area contributed by atoms with Crippen LogP contribution in [0.3, 0.4) is 0 Å². The lowest BCUT2D eigenvalue weighted by molar-refractivity contribution is 0.599. The molecule has 0 fully saturated rings. The Morgan fingerprint density at radius 2 is 1.59 bits per heavy atom. The Kier molecular flexibility index (Phi) is 4.57. The van der Waals surface area contributed by atoms with Crippen LogP contribution in [-0.2, 0) is 25.3 Å². The molecule has 1 rings (SSSR count). The maximum Gasteiger partial charge on any atom is 0.261 e. The topological polar surface area (TPSA) is 68.3 Å². The first-order valence-electron chi connectivity index (χ1n) is 4.90. The monoisotopic (exact) mass is 296 g/mol. The summed E-state index contributed by atoms with van der Waals surface area (Å²) in [6.45, 7) is 0. The average Bonchev–Trinajstić information content (AvgIpc) is 2.15. The van der Waals surface area contributed by atoms with Crippen molar-refractivity contribution < 1.29 is 16.8 Å². The van der Waals surface area contributed by atoms with Crippen LogP contribution in [0.25, 0.3) is 0 Å². The third-order valence-corrected chi connectivity index (χ3v) is 4.59. The van der Waals surface area contributed by atoms with Gasteiger partial charge < -0.3 is 0 Å². The summed E-state index contributed by atoms with van der Waals surface area (Å²) < 4.78 is 43.8. The fourth-order valence-corrected chi connectivity index (χ4v) is 2.80. The van der Waals surface area contributed by atoms with Crippen molar-refractivity contribution in [1.29, 1.82) is 0 Å². The van der Waals surface area contributed by atoms with Crippen LogP contribution >= 0.6 is 10.7 Å². The van der Waals surface area contributed by atoms with Gasteiger partial charge in [0.1, 0.15) is 9.84 Å². The van der Waals surface area contributed by atoms with Crippen molar-refractivity contribution in [1.82, 2.24) is 0 Å². The first-order valence-corrected chi connectivity index (χ1v) is 9.27. The molecular formula is C10H13ClO4S2. The van der Waals surface area contributed by atoms with Crippen molar-refractivity contribution in [3.05, 3.63) is 29.8 Å². The van der Waals surface area contributed by atoms with Gasteiger partial charge in [0, 0.05) is 16.9 Å². The Morgan fingerprint density at radius 1 is 1.06 bits per heavy atom. The van der Waals surface area contributed by atoms with E-state index in [2.05, 4.69) is 0 Å². The maximum absolute atomic E-state index is 11.0. The van der Waals surface area contributed by atoms with E-state index in [4.69, 9.17) is 10.7 Å². The lowest BCUT2D eigenvalue weighted by Crippen LogP contribution is -2.04. The molecule has 17 heavy (non-hydrogen) atoms. The molecule has 0 spiro atoms. The Hall–Kier alpha value is -0.590. The van der Waals surface area contributed by atoms with E-state index in [-0.39, 0.29) is 10.6 Å². The second kappa shape index (κ2) is 5.37. The average molecular weight is 297 g/mol. The molecule has 0 heterocycles. The summed E-state index contributed by atoms with van der Waals surface area (Å²) in [4.78, 5) is 0.0472. The molecule has 1 aromatic carbocycles. The van der Waals surface area contributed by atoms with Gasteiger partial charge in [0.25, 0.3) is 9.05 Å². The predicted molar refractivity (Wildman–Crippen MR) is 67.5 cm³/mol. The van der Waals surface area contributed by atoms with Gasteiger partial charge in [-0.15, -0.1) is 0 Å². The molecule has 0 bridgehead atoms. The minimum Gasteiger partial charge on any atom is -0.229 e. The molecule has 96 valence electrons. The lowest BCUT2D eigenvalue weighted by atomic mass is 10.1. The Bertz CT molecular complexity index is 573. The quantitative estimate of drug-likeness (QED) is 0.774. The number of rotatable bonds is 5. The van der Waals surface area contributed by atoms with Crippen LogP contribution in [0.1, 0.15) is 12.0 Å². The predicted octanol–water partition coefficient (Wildman–Crippen LogP) is 1.59. The summed E-state index contributed by atoms with van der Waals surface area (Å²) >= 11 is 0. The number of hydrogen-bond acceptors (Lipinski definition) is 4. The Labute approximate surface area is 106 Å². The van der Waals surface area contributed by atoms with Crippen LogP contribution in [-0.4, -0.2) is 28.8 Å². The van der Waals surface area contributed by atoms with Gasteiger partial charge in [-0.2, -0.15) is 0 Å². The largest absolute Gasteiger partial charge is 0.261 e. The summed E-state index contributed by atoms with van der Waals surface area (Å²) in [6.07, 6.45) is 2.30. The third kappa shape index (κ3) is 5.52. The normalized spacial score (nSPS) is 12.6. The molecule has 0 saturated carbocycles. The highest BCUT2D eigenvalue weighted by atomic mass is 35.7. The molecule has 0 aliphatic rings. The van der Waals surface area contributed by atoms with E-state index in [0.29, 0.717) is 12.8 Å². The molecule has 0 unspecified atom stereocenters. The number of aryl methyl sites for hydroxylation is 1. The van der Waals surface area contributed by atoms with E-state index in [0.717, 1.165) is 5.56 Å². The summed E-state index contributed by atoms with van der Waals surface area (Å²) in [6, 6.07) is 6.10. The summed E-state index contributed by atoms with van der Waals surface area (Å²) in [5.74, 6) is 0.128. The summed E-state index contributed by atoms with van der Waals surface area (Å²) in [5, 5.41) is 0. The van der Waals surface area contributed by atoms with Crippen molar-refractivity contribution in [2.45, 2.75) is 17.7 Å². The van der Waals surface area contributed by atoms with Crippen LogP contribution in [0, 0.1) is 0 Å². The van der Waals surface area contributed by atoms with Gasteiger partial charge >= 0.3 is 0 Å². The Morgan fingerprint density at radius 3 is 2.00 bits per heavy atom. The lowest BCUT2D eigenvalue weighted by Gasteiger charge is -2.02. The molecule has 0 radical (unpaired) electrons. The van der Waals surface area contributed by atoms with Gasteiger partial charge in [-0.3, -0.25) is 0 Å². The SMILES string of the molecule is CS(=O)(=O)CCCc1ccc(S(=O)(=O)Cl)cc1. The fraction of sp³-hybridized carbons (Fsp3) is 0.400. The smallest absolute Gasteiger partial charge is 0.229 e. The van der Waals surface area contributed by atoms with E-state index in [1.54, 1.807) is 12.1 Å². The van der Waals surface area contributed by atoms with E-state index in [9.17, 15) is 16.8 Å². The molecule has 1 aromatic rings. The van der Waals surface area contributed by atoms with Crippen LogP contribution in [0.2, 0.25) is 0 Å². The minimum absolute atomic E-state index is 0.0472. The molecule has 7 heteroatoms. The minimum atomic E-state index is -3.69. The zero-order valence-electron chi connectivity index (χ0n) is 9.26. The number of benzene rings is 1. The van der Waals surface area contributed by atoms with Crippen LogP contribution in [0.15, 0.2) is 29.2 Å². The number of sulfone groups is 1. The molecule has 0 N–H and O–H groups in total. The Balaban J connectivity index is 2.64. The number of halogens is 1. The molecular weight excluding hydrogens is 284 g/mol. The van der Waals surface area contributed by atoms with E-state index < -0.39 is 18.9 Å². The van der Waals surface area contributed by atoms with Crippen molar-refractivity contribution in [3.8, 4) is 0 Å². The van der Waals surface area contributed by atoms with E-state index >= 15 is 0 Å². The van der Waals surface area contributed by atoms with Crippen LogP contribution < -0.4 is 0 Å². The highest BCUT2D eigenvalue weighted by Gasteiger charge is 2.09. The van der Waals surface area contributed by atoms with Gasteiger partial charge in [0.15, 0.2) is 0 Å². The summed E-state index contributed by atoms with van der Waals surface area (Å²) in [7, 11) is -1.46. The van der Waals surface area contributed by atoms with E-state index in [1.165, 1.54) is 18.4 Å². The standard InChI is InChI=1S/C10H13ClO4S2/c1-16(12,13)8-2-3-9-4-6-10(7-5-9)17(11,14)15/h4-7H,2-3,8H2,1H3. The van der Waals surface area contributed by atoms with Gasteiger partial charge in [0.05, 0.1) is 10.6 Å². The van der Waals surface area contributed by atoms with Crippen molar-refractivity contribution in [2.24, 2.45) is 0 Å². The van der Waals surface area contributed by atoms with E-state index in [1.807, 2.05) is 0 Å². The molecule has 0 atom stereocenters. The van der Waals surface area contributed by atoms with Gasteiger partial charge in [0.2, 0.25) is 0 Å². The second-order valence-corrected chi connectivity index (χ2v) is 8.64. The molecule has 0 saturated heterocycles. The van der Waals surface area contributed by atoms with Gasteiger partial charge in [-0.1, -0.05) is 12.1 Å². The van der Waals surface area contributed by atoms with Crippen molar-refractivity contribution >= 4 is 29.6 Å². The maximum atomic E-state index is 11.0. The zero-order valence-corrected chi connectivity index (χ0v) is 11.6. The second-order valence-electron chi connectivity index (χ2n) is 3.82. The molecule has 0 aliphatic heterocycles. The van der Waals surface area contributed by atoms with Gasteiger partial charge in [-0.25, -0.2) is 16.8 Å². The molecule has 0 amide bonds. The number of hydrogen-bond donors (Lipinski definition) is 0. The van der Waals surface area contributed by atoms with Crippen molar-refractivity contribution in [3.63, 3.8) is 0 Å². The zero-order chi connectivity index (χ0) is 13.1. The first-order chi connectivity index (χ1) is 7.68. The van der Waals surface area contributed by atoms with Crippen LogP contribution in [0.5, 0.6) is 0 Å². The summed E-state index contributed by atoms with van der Waals surface area (Å²) in [5.41, 5.74) is 0.887. The fourth-order valence-electron chi connectivity index (χ4n) is 1.36.